The molecule has 0 aromatic heterocycles. The topological polar surface area (TPSA) is 49.4 Å². The van der Waals surface area contributed by atoms with Crippen molar-refractivity contribution in [3.63, 3.8) is 0 Å². The summed E-state index contributed by atoms with van der Waals surface area (Å²) in [6, 6.07) is 8.06. The van der Waals surface area contributed by atoms with Gasteiger partial charge in [-0.05, 0) is 31.2 Å². The van der Waals surface area contributed by atoms with E-state index < -0.39 is 0 Å². The average Bonchev–Trinajstić information content (AvgIpc) is 2.48. The van der Waals surface area contributed by atoms with E-state index >= 15 is 0 Å². The lowest BCUT2D eigenvalue weighted by atomic mass is 9.96. The van der Waals surface area contributed by atoms with Crippen LogP contribution in [0.15, 0.2) is 24.3 Å². The number of amides is 2. The number of nitrogens with one attached hydrogen (secondary N) is 1. The Hall–Kier alpha value is -1.84. The third-order valence-corrected chi connectivity index (χ3v) is 4.13. The first-order valence-electron chi connectivity index (χ1n) is 7.62. The van der Waals surface area contributed by atoms with Gasteiger partial charge in [0.2, 0.25) is 11.8 Å². The first kappa shape index (κ1) is 15.5. The Morgan fingerprint density at radius 1 is 1.19 bits per heavy atom. The number of rotatable bonds is 4. The predicted octanol–water partition coefficient (Wildman–Crippen LogP) is 1.91. The number of hydrogen-bond acceptors (Lipinski definition) is 2. The van der Waals surface area contributed by atoms with Gasteiger partial charge in [-0.15, -0.1) is 0 Å². The molecule has 1 fully saturated rings. The Labute approximate surface area is 126 Å². The van der Waals surface area contributed by atoms with Crippen LogP contribution >= 0.6 is 0 Å². The maximum atomic E-state index is 11.9. The molecule has 0 spiro atoms. The molecule has 0 radical (unpaired) electrons. The van der Waals surface area contributed by atoms with Crippen LogP contribution in [0.4, 0.5) is 0 Å². The summed E-state index contributed by atoms with van der Waals surface area (Å²) < 4.78 is 0. The summed E-state index contributed by atoms with van der Waals surface area (Å²) in [6.07, 6.45) is 2.39. The molecular formula is C17H24N2O2. The fourth-order valence-electron chi connectivity index (χ4n) is 2.66. The summed E-state index contributed by atoms with van der Waals surface area (Å²) in [5, 5.41) is 3.02. The number of piperidine rings is 1. The summed E-state index contributed by atoms with van der Waals surface area (Å²) in [6.45, 7) is 6.00. The third-order valence-electron chi connectivity index (χ3n) is 4.13. The predicted molar refractivity (Wildman–Crippen MR) is 82.9 cm³/mol. The fourth-order valence-corrected chi connectivity index (χ4v) is 2.66. The fraction of sp³-hybridized carbons (Fsp3) is 0.529. The second-order valence-electron chi connectivity index (χ2n) is 5.92. The summed E-state index contributed by atoms with van der Waals surface area (Å²) in [4.78, 5) is 25.1. The van der Waals surface area contributed by atoms with Gasteiger partial charge in [0.25, 0.3) is 0 Å². The quantitative estimate of drug-likeness (QED) is 0.920. The summed E-state index contributed by atoms with van der Waals surface area (Å²) >= 11 is 0. The first-order chi connectivity index (χ1) is 10.0. The van der Waals surface area contributed by atoms with Crippen molar-refractivity contribution in [2.75, 3.05) is 19.6 Å². The number of aryl methyl sites for hydroxylation is 1. The Balaban J connectivity index is 1.70. The molecule has 0 aliphatic carbocycles. The SMILES string of the molecule is CC(=O)N1CCC(CNC(=O)Cc2ccc(C)cc2)CC1. The number of benzene rings is 1. The molecular weight excluding hydrogens is 264 g/mol. The first-order valence-corrected chi connectivity index (χ1v) is 7.62. The molecule has 21 heavy (non-hydrogen) atoms. The minimum absolute atomic E-state index is 0.0767. The van der Waals surface area contributed by atoms with Gasteiger partial charge in [0.05, 0.1) is 6.42 Å². The minimum Gasteiger partial charge on any atom is -0.356 e. The van der Waals surface area contributed by atoms with E-state index in [0.29, 0.717) is 12.3 Å². The van der Waals surface area contributed by atoms with E-state index in [1.54, 1.807) is 6.92 Å². The molecule has 0 bridgehead atoms. The highest BCUT2D eigenvalue weighted by atomic mass is 16.2. The van der Waals surface area contributed by atoms with Crippen LogP contribution in [0.5, 0.6) is 0 Å². The largest absolute Gasteiger partial charge is 0.356 e. The van der Waals surface area contributed by atoms with Gasteiger partial charge in [0.15, 0.2) is 0 Å². The van der Waals surface area contributed by atoms with Gasteiger partial charge >= 0.3 is 0 Å². The van der Waals surface area contributed by atoms with Crippen molar-refractivity contribution in [2.24, 2.45) is 5.92 Å². The van der Waals surface area contributed by atoms with Crippen LogP contribution in [0, 0.1) is 12.8 Å². The normalized spacial score (nSPS) is 15.8. The highest BCUT2D eigenvalue weighted by molar-refractivity contribution is 5.78. The van der Waals surface area contributed by atoms with Gasteiger partial charge in [0.1, 0.15) is 0 Å². The van der Waals surface area contributed by atoms with Gasteiger partial charge in [-0.25, -0.2) is 0 Å². The summed E-state index contributed by atoms with van der Waals surface area (Å²) in [5.74, 6) is 0.715. The maximum absolute atomic E-state index is 11.9. The standard InChI is InChI=1S/C17H24N2O2/c1-13-3-5-15(6-4-13)11-17(21)18-12-16-7-9-19(10-8-16)14(2)20/h3-6,16H,7-12H2,1-2H3,(H,18,21). The number of carbonyl (C=O) groups excluding carboxylic acids is 2. The van der Waals surface area contributed by atoms with Gasteiger partial charge < -0.3 is 10.2 Å². The molecule has 0 saturated carbocycles. The molecule has 1 heterocycles. The van der Waals surface area contributed by atoms with E-state index in [2.05, 4.69) is 5.32 Å². The Bertz CT molecular complexity index is 488. The van der Waals surface area contributed by atoms with Crippen molar-refractivity contribution in [3.8, 4) is 0 Å². The van der Waals surface area contributed by atoms with Crippen molar-refractivity contribution >= 4 is 11.8 Å². The van der Waals surface area contributed by atoms with Crippen LogP contribution in [0.1, 0.15) is 30.9 Å². The average molecular weight is 288 g/mol. The van der Waals surface area contributed by atoms with E-state index in [-0.39, 0.29) is 11.8 Å². The van der Waals surface area contributed by atoms with Crippen LogP contribution in [-0.2, 0) is 16.0 Å². The molecule has 2 rings (SSSR count). The lowest BCUT2D eigenvalue weighted by Crippen LogP contribution is -2.40. The highest BCUT2D eigenvalue weighted by Crippen LogP contribution is 2.16. The van der Waals surface area contributed by atoms with Gasteiger partial charge in [-0.3, -0.25) is 9.59 Å². The van der Waals surface area contributed by atoms with Crippen molar-refractivity contribution in [1.82, 2.24) is 10.2 Å². The van der Waals surface area contributed by atoms with Gasteiger partial charge in [0, 0.05) is 26.6 Å². The Kier molecular flexibility index (Phi) is 5.37. The molecule has 1 aromatic rings. The second kappa shape index (κ2) is 7.25. The molecule has 4 heteroatoms. The third kappa shape index (κ3) is 4.88. The van der Waals surface area contributed by atoms with E-state index in [4.69, 9.17) is 0 Å². The lowest BCUT2D eigenvalue weighted by molar-refractivity contribution is -0.130. The van der Waals surface area contributed by atoms with Crippen molar-refractivity contribution < 1.29 is 9.59 Å². The van der Waals surface area contributed by atoms with Crippen molar-refractivity contribution in [1.29, 1.82) is 0 Å². The molecule has 4 nitrogen and oxygen atoms in total. The molecule has 0 atom stereocenters. The van der Waals surface area contributed by atoms with Crippen molar-refractivity contribution in [3.05, 3.63) is 35.4 Å². The van der Waals surface area contributed by atoms with Crippen LogP contribution in [-0.4, -0.2) is 36.3 Å². The molecule has 114 valence electrons. The van der Waals surface area contributed by atoms with E-state index in [1.807, 2.05) is 36.1 Å². The van der Waals surface area contributed by atoms with Crippen LogP contribution in [0.2, 0.25) is 0 Å². The van der Waals surface area contributed by atoms with Crippen molar-refractivity contribution in [2.45, 2.75) is 33.1 Å². The molecule has 0 unspecified atom stereocenters. The van der Waals surface area contributed by atoms with E-state index in [0.717, 1.165) is 38.0 Å². The van der Waals surface area contributed by atoms with E-state index in [9.17, 15) is 9.59 Å². The van der Waals surface area contributed by atoms with Crippen LogP contribution in [0.25, 0.3) is 0 Å². The number of likely N-dealkylation sites (tertiary alicyclic amines) is 1. The Morgan fingerprint density at radius 3 is 2.38 bits per heavy atom. The smallest absolute Gasteiger partial charge is 0.224 e. The zero-order valence-electron chi connectivity index (χ0n) is 12.9. The molecule has 1 aliphatic rings. The zero-order chi connectivity index (χ0) is 15.2. The van der Waals surface area contributed by atoms with Crippen LogP contribution in [0.3, 0.4) is 0 Å². The van der Waals surface area contributed by atoms with Gasteiger partial charge in [-0.1, -0.05) is 29.8 Å². The molecule has 1 aliphatic heterocycles. The van der Waals surface area contributed by atoms with Crippen LogP contribution < -0.4 is 5.32 Å². The molecule has 1 N–H and O–H groups in total. The lowest BCUT2D eigenvalue weighted by Gasteiger charge is -2.31. The summed E-state index contributed by atoms with van der Waals surface area (Å²) in [5.41, 5.74) is 2.25. The number of nitrogens with zero attached hydrogens (tertiary/aromatic N) is 1. The number of carbonyl (C=O) groups is 2. The second-order valence-corrected chi connectivity index (χ2v) is 5.92. The zero-order valence-corrected chi connectivity index (χ0v) is 12.9. The van der Waals surface area contributed by atoms with Gasteiger partial charge in [-0.2, -0.15) is 0 Å². The number of hydrogen-bond donors (Lipinski definition) is 1. The molecule has 2 amide bonds. The monoisotopic (exact) mass is 288 g/mol. The molecule has 1 saturated heterocycles. The highest BCUT2D eigenvalue weighted by Gasteiger charge is 2.20. The molecule has 1 aromatic carbocycles. The maximum Gasteiger partial charge on any atom is 0.224 e. The minimum atomic E-state index is 0.0767. The Morgan fingerprint density at radius 2 is 1.81 bits per heavy atom. The van der Waals surface area contributed by atoms with E-state index in [1.165, 1.54) is 5.56 Å². The summed E-state index contributed by atoms with van der Waals surface area (Å²) in [7, 11) is 0.